The molecule has 1 N–H and O–H groups in total. The molecule has 23 heavy (non-hydrogen) atoms. The highest BCUT2D eigenvalue weighted by molar-refractivity contribution is 7.90. The Morgan fingerprint density at radius 3 is 2.87 bits per heavy atom. The van der Waals surface area contributed by atoms with Gasteiger partial charge in [-0.2, -0.15) is 0 Å². The number of hydrogen-bond donors (Lipinski definition) is 1. The molecule has 1 unspecified atom stereocenters. The Bertz CT molecular complexity index is 828. The number of aryl methyl sites for hydroxylation is 1. The fraction of sp³-hybridized carbons (Fsp3) is 0.600. The molecule has 1 atom stereocenters. The predicted molar refractivity (Wildman–Crippen MR) is 88.8 cm³/mol. The van der Waals surface area contributed by atoms with Gasteiger partial charge in [0.2, 0.25) is 10.0 Å². The van der Waals surface area contributed by atoms with Gasteiger partial charge in [-0.25, -0.2) is 23.1 Å². The minimum absolute atomic E-state index is 0.0388. The van der Waals surface area contributed by atoms with E-state index in [9.17, 15) is 8.42 Å². The fourth-order valence-corrected chi connectivity index (χ4v) is 4.90. The molecule has 0 spiro atoms. The second kappa shape index (κ2) is 5.45. The molecule has 1 saturated heterocycles. The highest BCUT2D eigenvalue weighted by Gasteiger charge is 2.37. The zero-order valence-electron chi connectivity index (χ0n) is 13.1. The number of aromatic nitrogens is 3. The Labute approximate surface area is 135 Å². The van der Waals surface area contributed by atoms with Crippen LogP contribution in [0.2, 0.25) is 0 Å². The number of hydrogen-bond acceptors (Lipinski definition) is 5. The molecule has 2 aromatic rings. The van der Waals surface area contributed by atoms with E-state index in [2.05, 4.69) is 19.6 Å². The highest BCUT2D eigenvalue weighted by atomic mass is 32.2. The molecule has 124 valence electrons. The second-order valence-corrected chi connectivity index (χ2v) is 8.50. The van der Waals surface area contributed by atoms with E-state index in [-0.39, 0.29) is 11.3 Å². The van der Waals surface area contributed by atoms with Gasteiger partial charge in [-0.3, -0.25) is 0 Å². The molecule has 0 amide bonds. The number of nitrogens with one attached hydrogen (secondary N) is 1. The average Bonchev–Trinajstić information content (AvgIpc) is 3.32. The zero-order chi connectivity index (χ0) is 16.0. The normalized spacial score (nSPS) is 22.7. The summed E-state index contributed by atoms with van der Waals surface area (Å²) < 4.78 is 29.2. The lowest BCUT2D eigenvalue weighted by atomic mass is 10.1. The molecule has 0 radical (unpaired) electrons. The van der Waals surface area contributed by atoms with Crippen LogP contribution in [0.1, 0.15) is 25.7 Å². The van der Waals surface area contributed by atoms with Crippen molar-refractivity contribution >= 4 is 26.9 Å². The van der Waals surface area contributed by atoms with Crippen molar-refractivity contribution in [1.82, 2.24) is 19.3 Å². The number of anilines is 1. The molecule has 2 aliphatic rings. The SMILES string of the molecule is Cn1ccc2c(N3CCCC(NS(=O)(=O)C4CC4)C3)ncnc21. The van der Waals surface area contributed by atoms with Crippen molar-refractivity contribution in [2.75, 3.05) is 18.0 Å². The smallest absolute Gasteiger partial charge is 0.214 e. The van der Waals surface area contributed by atoms with Crippen molar-refractivity contribution in [3.8, 4) is 0 Å². The number of rotatable bonds is 4. The summed E-state index contributed by atoms with van der Waals surface area (Å²) in [6.07, 6.45) is 6.97. The summed E-state index contributed by atoms with van der Waals surface area (Å²) in [7, 11) is -1.18. The van der Waals surface area contributed by atoms with E-state index in [4.69, 9.17) is 0 Å². The molecule has 1 saturated carbocycles. The molecule has 0 aromatic carbocycles. The van der Waals surface area contributed by atoms with Crippen LogP contribution in [-0.2, 0) is 17.1 Å². The number of nitrogens with zero attached hydrogens (tertiary/aromatic N) is 4. The summed E-state index contributed by atoms with van der Waals surface area (Å²) in [5.41, 5.74) is 0.899. The Morgan fingerprint density at radius 2 is 2.09 bits per heavy atom. The van der Waals surface area contributed by atoms with E-state index in [1.807, 2.05) is 23.9 Å². The minimum atomic E-state index is -3.14. The van der Waals surface area contributed by atoms with Crippen LogP contribution in [0, 0.1) is 0 Å². The van der Waals surface area contributed by atoms with Gasteiger partial charge in [0.05, 0.1) is 10.6 Å². The summed E-state index contributed by atoms with van der Waals surface area (Å²) in [6, 6.07) is 1.98. The van der Waals surface area contributed by atoms with Gasteiger partial charge in [0, 0.05) is 32.4 Å². The summed E-state index contributed by atoms with van der Waals surface area (Å²) in [6.45, 7) is 1.55. The molecule has 0 bridgehead atoms. The maximum Gasteiger partial charge on any atom is 0.214 e. The summed E-state index contributed by atoms with van der Waals surface area (Å²) in [5, 5.41) is 0.846. The first-order chi connectivity index (χ1) is 11.0. The lowest BCUT2D eigenvalue weighted by Crippen LogP contribution is -2.48. The van der Waals surface area contributed by atoms with Crippen molar-refractivity contribution in [3.63, 3.8) is 0 Å². The van der Waals surface area contributed by atoms with Crippen molar-refractivity contribution in [3.05, 3.63) is 18.6 Å². The van der Waals surface area contributed by atoms with Crippen LogP contribution in [0.5, 0.6) is 0 Å². The molecule has 2 fully saturated rings. The molecule has 1 aliphatic heterocycles. The van der Waals surface area contributed by atoms with Gasteiger partial charge < -0.3 is 9.47 Å². The summed E-state index contributed by atoms with van der Waals surface area (Å²) in [4.78, 5) is 10.9. The Kier molecular flexibility index (Phi) is 3.53. The van der Waals surface area contributed by atoms with Gasteiger partial charge in [-0.1, -0.05) is 0 Å². The van der Waals surface area contributed by atoms with E-state index < -0.39 is 10.0 Å². The number of piperidine rings is 1. The predicted octanol–water partition coefficient (Wildman–Crippen LogP) is 1.02. The molecule has 7 nitrogen and oxygen atoms in total. The number of fused-ring (bicyclic) bond motifs is 1. The molecular weight excluding hydrogens is 314 g/mol. The van der Waals surface area contributed by atoms with Crippen LogP contribution in [0.25, 0.3) is 11.0 Å². The molecule has 8 heteroatoms. The van der Waals surface area contributed by atoms with E-state index in [1.54, 1.807) is 6.33 Å². The quantitative estimate of drug-likeness (QED) is 0.902. The first-order valence-corrected chi connectivity index (χ1v) is 9.61. The van der Waals surface area contributed by atoms with E-state index in [1.165, 1.54) is 0 Å². The standard InChI is InChI=1S/C15H21N5O2S/c1-19-8-6-13-14(19)16-10-17-15(13)20-7-2-3-11(9-20)18-23(21,22)12-4-5-12/h6,8,10-12,18H,2-5,7,9H2,1H3. The van der Waals surface area contributed by atoms with Gasteiger partial charge in [0.1, 0.15) is 17.8 Å². The average molecular weight is 335 g/mol. The molecule has 3 heterocycles. The highest BCUT2D eigenvalue weighted by Crippen LogP contribution is 2.29. The monoisotopic (exact) mass is 335 g/mol. The number of sulfonamides is 1. The van der Waals surface area contributed by atoms with Gasteiger partial charge in [0.15, 0.2) is 0 Å². The fourth-order valence-electron chi connectivity index (χ4n) is 3.29. The van der Waals surface area contributed by atoms with Crippen molar-refractivity contribution in [2.24, 2.45) is 7.05 Å². The van der Waals surface area contributed by atoms with E-state index in [0.717, 1.165) is 49.1 Å². The Hall–Kier alpha value is -1.67. The third-order valence-electron chi connectivity index (χ3n) is 4.66. The summed E-state index contributed by atoms with van der Waals surface area (Å²) >= 11 is 0. The molecule has 1 aliphatic carbocycles. The largest absolute Gasteiger partial charge is 0.354 e. The van der Waals surface area contributed by atoms with Crippen LogP contribution in [0.4, 0.5) is 5.82 Å². The van der Waals surface area contributed by atoms with E-state index >= 15 is 0 Å². The van der Waals surface area contributed by atoms with Crippen molar-refractivity contribution in [2.45, 2.75) is 37.0 Å². The van der Waals surface area contributed by atoms with Gasteiger partial charge in [-0.15, -0.1) is 0 Å². The van der Waals surface area contributed by atoms with E-state index in [0.29, 0.717) is 6.54 Å². The van der Waals surface area contributed by atoms with Crippen LogP contribution >= 0.6 is 0 Å². The van der Waals surface area contributed by atoms with Crippen LogP contribution in [-0.4, -0.2) is 47.3 Å². The van der Waals surface area contributed by atoms with Gasteiger partial charge in [-0.05, 0) is 31.7 Å². The maximum absolute atomic E-state index is 12.2. The molecular formula is C15H21N5O2S. The molecule has 4 rings (SSSR count). The van der Waals surface area contributed by atoms with Gasteiger partial charge >= 0.3 is 0 Å². The van der Waals surface area contributed by atoms with Crippen LogP contribution < -0.4 is 9.62 Å². The van der Waals surface area contributed by atoms with Gasteiger partial charge in [0.25, 0.3) is 0 Å². The second-order valence-electron chi connectivity index (χ2n) is 6.51. The lowest BCUT2D eigenvalue weighted by Gasteiger charge is -2.34. The maximum atomic E-state index is 12.2. The minimum Gasteiger partial charge on any atom is -0.354 e. The third kappa shape index (κ3) is 2.81. The zero-order valence-corrected chi connectivity index (χ0v) is 14.0. The van der Waals surface area contributed by atoms with Crippen LogP contribution in [0.3, 0.4) is 0 Å². The Morgan fingerprint density at radius 1 is 1.26 bits per heavy atom. The van der Waals surface area contributed by atoms with Crippen molar-refractivity contribution in [1.29, 1.82) is 0 Å². The van der Waals surface area contributed by atoms with Crippen LogP contribution in [0.15, 0.2) is 18.6 Å². The topological polar surface area (TPSA) is 80.1 Å². The first kappa shape index (κ1) is 14.9. The third-order valence-corrected chi connectivity index (χ3v) is 6.67. The Balaban J connectivity index is 1.56. The molecule has 2 aromatic heterocycles. The van der Waals surface area contributed by atoms with Crippen molar-refractivity contribution < 1.29 is 8.42 Å². The first-order valence-electron chi connectivity index (χ1n) is 8.07. The lowest BCUT2D eigenvalue weighted by molar-refractivity contribution is 0.464. The summed E-state index contributed by atoms with van der Waals surface area (Å²) in [5.74, 6) is 0.894.